The van der Waals surface area contributed by atoms with Crippen LogP contribution in [0.5, 0.6) is 0 Å². The van der Waals surface area contributed by atoms with Crippen LogP contribution in [0.1, 0.15) is 61.0 Å². The number of nitrogens with zero attached hydrogens (tertiary/aromatic N) is 2. The Labute approximate surface area is 257 Å². The molecular formula is C33H54N6O4. The number of aromatic nitrogens is 1. The third-order valence-corrected chi connectivity index (χ3v) is 8.17. The van der Waals surface area contributed by atoms with E-state index in [0.29, 0.717) is 13.0 Å². The fourth-order valence-electron chi connectivity index (χ4n) is 5.81. The standard InChI is InChI=1S/C33H54N6O4/c1-19(2)26(34-9)30(40)37-27(20(3)4)32(42)39(11)29(22(7)8)33(43)38(10)28(21(5)6)31(41)35-17-16-23-18-36-25-15-13-12-14-24(23)25/h12-15,18-22,26-29,34,36H,16-17H2,1-11H3,(H,35,41)(H,37,40)/t26-,27-,28-,29-/m1/s1. The lowest BCUT2D eigenvalue weighted by Crippen LogP contribution is -2.61. The normalized spacial score (nSPS) is 14.6. The van der Waals surface area contributed by atoms with Crippen molar-refractivity contribution in [3.05, 3.63) is 36.0 Å². The second kappa shape index (κ2) is 15.9. The highest BCUT2D eigenvalue weighted by Crippen LogP contribution is 2.21. The molecule has 0 saturated heterocycles. The van der Waals surface area contributed by atoms with E-state index in [9.17, 15) is 19.2 Å². The quantitative estimate of drug-likeness (QED) is 0.251. The van der Waals surface area contributed by atoms with Gasteiger partial charge in [0.1, 0.15) is 18.1 Å². The van der Waals surface area contributed by atoms with Crippen molar-refractivity contribution in [3.8, 4) is 0 Å². The summed E-state index contributed by atoms with van der Waals surface area (Å²) < 4.78 is 0. The molecule has 0 unspecified atom stereocenters. The highest BCUT2D eigenvalue weighted by Gasteiger charge is 2.40. The minimum Gasteiger partial charge on any atom is -0.361 e. The minimum absolute atomic E-state index is 0.0331. The van der Waals surface area contributed by atoms with Gasteiger partial charge in [-0.3, -0.25) is 19.2 Å². The number of rotatable bonds is 15. The molecule has 2 rings (SSSR count). The maximum Gasteiger partial charge on any atom is 0.246 e. The maximum atomic E-state index is 14.0. The van der Waals surface area contributed by atoms with Gasteiger partial charge in [-0.1, -0.05) is 73.6 Å². The maximum absolute atomic E-state index is 14.0. The Morgan fingerprint density at radius 3 is 1.84 bits per heavy atom. The predicted molar refractivity (Wildman–Crippen MR) is 172 cm³/mol. The number of carbonyl (C=O) groups excluding carboxylic acids is 4. The first-order valence-electron chi connectivity index (χ1n) is 15.5. The zero-order chi connectivity index (χ0) is 32.6. The third kappa shape index (κ3) is 8.81. The van der Waals surface area contributed by atoms with E-state index in [0.717, 1.165) is 16.5 Å². The zero-order valence-corrected chi connectivity index (χ0v) is 27.9. The Kier molecular flexibility index (Phi) is 13.2. The van der Waals surface area contributed by atoms with Gasteiger partial charge in [-0.25, -0.2) is 0 Å². The fraction of sp³-hybridized carbons (Fsp3) is 0.636. The summed E-state index contributed by atoms with van der Waals surface area (Å²) >= 11 is 0. The van der Waals surface area contributed by atoms with Crippen molar-refractivity contribution in [2.45, 2.75) is 86.0 Å². The molecule has 4 N–H and O–H groups in total. The number of H-pyrrole nitrogens is 1. The summed E-state index contributed by atoms with van der Waals surface area (Å²) in [5, 5.41) is 10.1. The average molecular weight is 599 g/mol. The molecular weight excluding hydrogens is 544 g/mol. The van der Waals surface area contributed by atoms with Crippen molar-refractivity contribution >= 4 is 34.5 Å². The van der Waals surface area contributed by atoms with Crippen molar-refractivity contribution in [2.24, 2.45) is 23.7 Å². The molecule has 1 heterocycles. The second-order valence-electron chi connectivity index (χ2n) is 12.9. The Bertz CT molecular complexity index is 1240. The van der Waals surface area contributed by atoms with E-state index < -0.39 is 24.2 Å². The van der Waals surface area contributed by atoms with Crippen LogP contribution in [0.3, 0.4) is 0 Å². The number of nitrogens with one attached hydrogen (secondary N) is 4. The monoisotopic (exact) mass is 598 g/mol. The van der Waals surface area contributed by atoms with Gasteiger partial charge in [0.05, 0.1) is 6.04 Å². The number of para-hydroxylation sites is 1. The molecule has 4 amide bonds. The lowest BCUT2D eigenvalue weighted by Gasteiger charge is -2.39. The molecule has 10 heteroatoms. The molecule has 43 heavy (non-hydrogen) atoms. The van der Waals surface area contributed by atoms with Gasteiger partial charge in [-0.15, -0.1) is 0 Å². The van der Waals surface area contributed by atoms with E-state index in [1.165, 1.54) is 9.80 Å². The Morgan fingerprint density at radius 1 is 0.744 bits per heavy atom. The molecule has 2 aromatic rings. The molecule has 0 aliphatic rings. The largest absolute Gasteiger partial charge is 0.361 e. The summed E-state index contributed by atoms with van der Waals surface area (Å²) in [6, 6.07) is 5.24. The highest BCUT2D eigenvalue weighted by atomic mass is 16.2. The van der Waals surface area contributed by atoms with Crippen LogP contribution in [0.4, 0.5) is 0 Å². The van der Waals surface area contributed by atoms with Crippen molar-refractivity contribution in [1.82, 2.24) is 30.7 Å². The van der Waals surface area contributed by atoms with Gasteiger partial charge < -0.3 is 30.7 Å². The van der Waals surface area contributed by atoms with E-state index in [1.54, 1.807) is 21.1 Å². The van der Waals surface area contributed by atoms with E-state index >= 15 is 0 Å². The number of carbonyl (C=O) groups is 4. The van der Waals surface area contributed by atoms with Crippen LogP contribution in [0.2, 0.25) is 0 Å². The Balaban J connectivity index is 2.18. The number of benzene rings is 1. The summed E-state index contributed by atoms with van der Waals surface area (Å²) in [5.41, 5.74) is 2.16. The first kappa shape index (κ1) is 35.8. The average Bonchev–Trinajstić information content (AvgIpc) is 3.34. The van der Waals surface area contributed by atoms with Crippen LogP contribution in [0.25, 0.3) is 10.9 Å². The number of hydrogen-bond acceptors (Lipinski definition) is 5. The van der Waals surface area contributed by atoms with Crippen LogP contribution in [0, 0.1) is 23.7 Å². The van der Waals surface area contributed by atoms with Gasteiger partial charge in [0.25, 0.3) is 0 Å². The Hall–Kier alpha value is -3.40. The lowest BCUT2D eigenvalue weighted by molar-refractivity contribution is -0.151. The van der Waals surface area contributed by atoms with E-state index in [1.807, 2.05) is 79.8 Å². The molecule has 10 nitrogen and oxygen atoms in total. The molecule has 4 atom stereocenters. The van der Waals surface area contributed by atoms with E-state index in [2.05, 4.69) is 27.0 Å². The smallest absolute Gasteiger partial charge is 0.246 e. The molecule has 1 aromatic heterocycles. The molecule has 1 aromatic carbocycles. The van der Waals surface area contributed by atoms with Crippen molar-refractivity contribution < 1.29 is 19.2 Å². The molecule has 240 valence electrons. The van der Waals surface area contributed by atoms with Crippen LogP contribution in [0.15, 0.2) is 30.5 Å². The van der Waals surface area contributed by atoms with E-state index in [4.69, 9.17) is 0 Å². The van der Waals surface area contributed by atoms with Gasteiger partial charge >= 0.3 is 0 Å². The number of hydrogen-bond donors (Lipinski definition) is 4. The third-order valence-electron chi connectivity index (χ3n) is 8.17. The van der Waals surface area contributed by atoms with Crippen LogP contribution in [-0.2, 0) is 25.6 Å². The summed E-state index contributed by atoms with van der Waals surface area (Å²) in [5.74, 6) is -1.71. The topological polar surface area (TPSA) is 127 Å². The molecule has 0 bridgehead atoms. The summed E-state index contributed by atoms with van der Waals surface area (Å²) in [4.78, 5) is 60.4. The van der Waals surface area contributed by atoms with Gasteiger partial charge in [0.2, 0.25) is 23.6 Å². The van der Waals surface area contributed by atoms with Gasteiger partial charge in [0, 0.05) is 37.7 Å². The summed E-state index contributed by atoms with van der Waals surface area (Å²) in [6.07, 6.45) is 2.61. The molecule has 0 saturated carbocycles. The fourth-order valence-corrected chi connectivity index (χ4v) is 5.81. The van der Waals surface area contributed by atoms with E-state index in [-0.39, 0.29) is 47.3 Å². The first-order chi connectivity index (χ1) is 20.1. The predicted octanol–water partition coefficient (Wildman–Crippen LogP) is 3.18. The van der Waals surface area contributed by atoms with Crippen molar-refractivity contribution in [1.29, 1.82) is 0 Å². The zero-order valence-electron chi connectivity index (χ0n) is 27.9. The summed E-state index contributed by atoms with van der Waals surface area (Å²) in [6.45, 7) is 15.6. The SMILES string of the molecule is CN[C@@H](C(=O)N[C@@H](C(=O)N(C)[C@@H](C(=O)N(C)[C@@H](C(=O)NCCc1c[nH]c2ccccc12)C(C)C)C(C)C)C(C)C)C(C)C. The van der Waals surface area contributed by atoms with Crippen LogP contribution < -0.4 is 16.0 Å². The molecule has 0 aliphatic carbocycles. The lowest BCUT2D eigenvalue weighted by atomic mass is 9.95. The highest BCUT2D eigenvalue weighted by molar-refractivity contribution is 5.95. The van der Waals surface area contributed by atoms with Crippen LogP contribution in [-0.4, -0.2) is 90.3 Å². The number of amides is 4. The molecule has 0 radical (unpaired) electrons. The van der Waals surface area contributed by atoms with Gasteiger partial charge in [-0.05, 0) is 48.8 Å². The first-order valence-corrected chi connectivity index (χ1v) is 15.5. The number of aromatic amines is 1. The van der Waals surface area contributed by atoms with Crippen molar-refractivity contribution in [2.75, 3.05) is 27.7 Å². The molecule has 0 aliphatic heterocycles. The summed E-state index contributed by atoms with van der Waals surface area (Å²) in [7, 11) is 4.95. The van der Waals surface area contributed by atoms with Crippen molar-refractivity contribution in [3.63, 3.8) is 0 Å². The van der Waals surface area contributed by atoms with Gasteiger partial charge in [-0.2, -0.15) is 0 Å². The number of fused-ring (bicyclic) bond motifs is 1. The Morgan fingerprint density at radius 2 is 1.30 bits per heavy atom. The number of likely N-dealkylation sites (N-methyl/N-ethyl adjacent to an activating group) is 3. The second-order valence-corrected chi connectivity index (χ2v) is 12.9. The minimum atomic E-state index is -0.818. The van der Waals surface area contributed by atoms with Crippen LogP contribution >= 0.6 is 0 Å². The van der Waals surface area contributed by atoms with Gasteiger partial charge in [0.15, 0.2) is 0 Å². The molecule has 0 fully saturated rings. The molecule has 0 spiro atoms.